The van der Waals surface area contributed by atoms with E-state index in [1.54, 1.807) is 17.5 Å². The van der Waals surface area contributed by atoms with Crippen molar-refractivity contribution in [2.24, 2.45) is 0 Å². The van der Waals surface area contributed by atoms with Crippen LogP contribution in [0.5, 0.6) is 0 Å². The average Bonchev–Trinajstić information content (AvgIpc) is 2.88. The van der Waals surface area contributed by atoms with Crippen LogP contribution >= 0.6 is 22.7 Å². The van der Waals surface area contributed by atoms with Crippen molar-refractivity contribution in [1.82, 2.24) is 0 Å². The fourth-order valence-electron chi connectivity index (χ4n) is 1.20. The minimum atomic E-state index is -0.376. The molecule has 0 saturated heterocycles. The Labute approximate surface area is 95.2 Å². The van der Waals surface area contributed by atoms with Crippen molar-refractivity contribution < 1.29 is 9.59 Å². The average molecular weight is 236 g/mol. The molecule has 0 spiro atoms. The highest BCUT2D eigenvalue weighted by Crippen LogP contribution is 2.14. The molecular weight excluding hydrogens is 228 g/mol. The van der Waals surface area contributed by atoms with E-state index in [9.17, 15) is 9.59 Å². The van der Waals surface area contributed by atoms with Gasteiger partial charge in [0.2, 0.25) is 11.6 Å². The van der Waals surface area contributed by atoms with Gasteiger partial charge in [0, 0.05) is 11.3 Å². The molecule has 0 unspecified atom stereocenters. The molecule has 2 nitrogen and oxygen atoms in total. The molecule has 0 aromatic carbocycles. The summed E-state index contributed by atoms with van der Waals surface area (Å²) >= 11 is 2.80. The number of carbonyl (C=O) groups is 2. The van der Waals surface area contributed by atoms with Crippen LogP contribution < -0.4 is 0 Å². The van der Waals surface area contributed by atoms with E-state index in [4.69, 9.17) is 0 Å². The molecule has 0 radical (unpaired) electrons. The van der Waals surface area contributed by atoms with Gasteiger partial charge in [-0.2, -0.15) is 0 Å². The van der Waals surface area contributed by atoms with E-state index < -0.39 is 0 Å². The molecule has 0 fully saturated rings. The maximum atomic E-state index is 11.6. The van der Waals surface area contributed by atoms with E-state index in [0.717, 1.165) is 4.88 Å². The Morgan fingerprint density at radius 1 is 1.07 bits per heavy atom. The molecule has 0 aliphatic rings. The lowest BCUT2D eigenvalue weighted by Gasteiger charge is -1.95. The second-order valence-electron chi connectivity index (χ2n) is 2.99. The van der Waals surface area contributed by atoms with Crippen LogP contribution in [0.2, 0.25) is 0 Å². The first-order chi connectivity index (χ1) is 7.27. The zero-order valence-corrected chi connectivity index (χ0v) is 9.44. The van der Waals surface area contributed by atoms with E-state index in [1.807, 2.05) is 17.5 Å². The van der Waals surface area contributed by atoms with Gasteiger partial charge in [0.25, 0.3) is 0 Å². The van der Waals surface area contributed by atoms with Crippen molar-refractivity contribution in [3.8, 4) is 0 Å². The van der Waals surface area contributed by atoms with Gasteiger partial charge < -0.3 is 0 Å². The highest BCUT2D eigenvalue weighted by atomic mass is 32.1. The Hall–Kier alpha value is -1.26. The highest BCUT2D eigenvalue weighted by Gasteiger charge is 2.17. The zero-order valence-electron chi connectivity index (χ0n) is 7.80. The first-order valence-corrected chi connectivity index (χ1v) is 6.16. The molecule has 4 heteroatoms. The van der Waals surface area contributed by atoms with Gasteiger partial charge in [0.1, 0.15) is 0 Å². The van der Waals surface area contributed by atoms with Crippen LogP contribution in [-0.4, -0.2) is 11.6 Å². The van der Waals surface area contributed by atoms with Crippen molar-refractivity contribution in [2.75, 3.05) is 0 Å². The van der Waals surface area contributed by atoms with Crippen LogP contribution in [0.25, 0.3) is 0 Å². The van der Waals surface area contributed by atoms with Crippen LogP contribution in [0.3, 0.4) is 0 Å². The Bertz CT molecular complexity index is 455. The van der Waals surface area contributed by atoms with E-state index in [-0.39, 0.29) is 18.0 Å². The summed E-state index contributed by atoms with van der Waals surface area (Å²) in [6.45, 7) is 0. The summed E-state index contributed by atoms with van der Waals surface area (Å²) < 4.78 is 0. The topological polar surface area (TPSA) is 34.1 Å². The number of Topliss-reactive ketones (excluding diaryl/α,β-unsaturated/α-hetero) is 2. The summed E-state index contributed by atoms with van der Waals surface area (Å²) in [5, 5.41) is 3.70. The third kappa shape index (κ3) is 2.40. The molecule has 0 amide bonds. The molecule has 76 valence electrons. The van der Waals surface area contributed by atoms with Crippen LogP contribution in [0.1, 0.15) is 14.5 Å². The summed E-state index contributed by atoms with van der Waals surface area (Å²) in [7, 11) is 0. The van der Waals surface area contributed by atoms with Gasteiger partial charge in [0.05, 0.1) is 4.88 Å². The van der Waals surface area contributed by atoms with Gasteiger partial charge in [-0.15, -0.1) is 22.7 Å². The Balaban J connectivity index is 2.06. The summed E-state index contributed by atoms with van der Waals surface area (Å²) in [5.41, 5.74) is 0. The first-order valence-electron chi connectivity index (χ1n) is 4.41. The Kier molecular flexibility index (Phi) is 3.08. The monoisotopic (exact) mass is 236 g/mol. The van der Waals surface area contributed by atoms with Crippen molar-refractivity contribution in [3.05, 3.63) is 44.8 Å². The first kappa shape index (κ1) is 10.3. The number of hydrogen-bond donors (Lipinski definition) is 0. The molecule has 0 saturated carbocycles. The van der Waals surface area contributed by atoms with Crippen LogP contribution in [0.15, 0.2) is 35.0 Å². The third-order valence-electron chi connectivity index (χ3n) is 1.91. The van der Waals surface area contributed by atoms with Gasteiger partial charge in [-0.25, -0.2) is 0 Å². The molecule has 0 N–H and O–H groups in total. The maximum absolute atomic E-state index is 11.6. The van der Waals surface area contributed by atoms with Gasteiger partial charge in [-0.1, -0.05) is 12.1 Å². The highest BCUT2D eigenvalue weighted by molar-refractivity contribution is 7.13. The van der Waals surface area contributed by atoms with Crippen molar-refractivity contribution >= 4 is 34.2 Å². The van der Waals surface area contributed by atoms with E-state index >= 15 is 0 Å². The van der Waals surface area contributed by atoms with Crippen molar-refractivity contribution in [2.45, 2.75) is 6.42 Å². The lowest BCUT2D eigenvalue weighted by molar-refractivity contribution is -0.114. The maximum Gasteiger partial charge on any atom is 0.238 e. The van der Waals surface area contributed by atoms with Crippen molar-refractivity contribution in [3.63, 3.8) is 0 Å². The predicted octanol–water partition coefficient (Wildman–Crippen LogP) is 2.80. The molecule has 0 aliphatic carbocycles. The van der Waals surface area contributed by atoms with Gasteiger partial charge in [-0.05, 0) is 22.9 Å². The smallest absolute Gasteiger partial charge is 0.238 e. The van der Waals surface area contributed by atoms with Crippen LogP contribution in [0.4, 0.5) is 0 Å². The van der Waals surface area contributed by atoms with Gasteiger partial charge >= 0.3 is 0 Å². The molecule has 2 aromatic rings. The third-order valence-corrected chi connectivity index (χ3v) is 3.66. The standard InChI is InChI=1S/C11H8O2S2/c12-9(7-8-3-1-5-14-8)11(13)10-4-2-6-15-10/h1-6H,7H2. The van der Waals surface area contributed by atoms with Crippen LogP contribution in [-0.2, 0) is 11.2 Å². The zero-order chi connectivity index (χ0) is 10.7. The molecule has 0 atom stereocenters. The normalized spacial score (nSPS) is 10.1. The van der Waals surface area contributed by atoms with Gasteiger partial charge in [-0.3, -0.25) is 9.59 Å². The second-order valence-corrected chi connectivity index (χ2v) is 4.97. The molecule has 15 heavy (non-hydrogen) atoms. The largest absolute Gasteiger partial charge is 0.290 e. The number of ketones is 2. The summed E-state index contributed by atoms with van der Waals surface area (Å²) in [6.07, 6.45) is 0.217. The number of rotatable bonds is 4. The molecule has 2 heterocycles. The summed E-state index contributed by atoms with van der Waals surface area (Å²) in [5.74, 6) is -0.710. The quantitative estimate of drug-likeness (QED) is 0.604. The lowest BCUT2D eigenvalue weighted by atomic mass is 10.1. The molecule has 0 aliphatic heterocycles. The Morgan fingerprint density at radius 2 is 1.80 bits per heavy atom. The molecule has 2 rings (SSSR count). The fourth-order valence-corrected chi connectivity index (χ4v) is 2.58. The van der Waals surface area contributed by atoms with Crippen molar-refractivity contribution in [1.29, 1.82) is 0 Å². The molecule has 2 aromatic heterocycles. The summed E-state index contributed by atoms with van der Waals surface area (Å²) in [4.78, 5) is 24.6. The number of thiophene rings is 2. The Morgan fingerprint density at radius 3 is 2.40 bits per heavy atom. The lowest BCUT2D eigenvalue weighted by Crippen LogP contribution is -2.14. The molecular formula is C11H8O2S2. The SMILES string of the molecule is O=C(Cc1cccs1)C(=O)c1cccs1. The molecule has 0 bridgehead atoms. The van der Waals surface area contributed by atoms with E-state index in [0.29, 0.717) is 4.88 Å². The number of carbonyl (C=O) groups excluding carboxylic acids is 2. The minimum absolute atomic E-state index is 0.217. The van der Waals surface area contributed by atoms with E-state index in [2.05, 4.69) is 0 Å². The van der Waals surface area contributed by atoms with Crippen LogP contribution in [0, 0.1) is 0 Å². The fraction of sp³-hybridized carbons (Fsp3) is 0.0909. The van der Waals surface area contributed by atoms with E-state index in [1.165, 1.54) is 22.7 Å². The second kappa shape index (κ2) is 4.51. The number of hydrogen-bond acceptors (Lipinski definition) is 4. The minimum Gasteiger partial charge on any atom is -0.290 e. The predicted molar refractivity (Wildman–Crippen MR) is 61.7 cm³/mol. The van der Waals surface area contributed by atoms with Gasteiger partial charge in [0.15, 0.2) is 0 Å². The summed E-state index contributed by atoms with van der Waals surface area (Å²) in [6, 6.07) is 7.20.